The molecular weight excluding hydrogens is 1040 g/mol. The number of esters is 2. The second kappa shape index (κ2) is 12.9. The number of phenolic OH excluding ortho intramolecular Hbond substituents is 2. The SMILES string of the molecule is O=C(Oc1ccc([I+]c2ccc(OC(=O)c3cc(I)c(O)c(I)c3)cc2)cc1)c1cc(I)c(O)c(I)c1. The smallest absolute Gasteiger partial charge is 0.357 e. The monoisotopic (exact) mass is 1060 g/mol. The Morgan fingerprint density at radius 1 is 0.568 bits per heavy atom. The molecule has 0 heterocycles. The van der Waals surface area contributed by atoms with Crippen molar-refractivity contribution < 1.29 is 50.5 Å². The van der Waals surface area contributed by atoms with Gasteiger partial charge in [-0.1, -0.05) is 0 Å². The van der Waals surface area contributed by atoms with Gasteiger partial charge in [-0.2, -0.15) is 0 Å². The number of halogens is 5. The van der Waals surface area contributed by atoms with Crippen LogP contribution in [0.4, 0.5) is 0 Å². The highest BCUT2D eigenvalue weighted by Gasteiger charge is 2.19. The summed E-state index contributed by atoms with van der Waals surface area (Å²) >= 11 is 7.41. The van der Waals surface area contributed by atoms with Gasteiger partial charge in [0.15, 0.2) is 7.14 Å². The van der Waals surface area contributed by atoms with Crippen molar-refractivity contribution in [2.75, 3.05) is 0 Å². The van der Waals surface area contributed by atoms with Gasteiger partial charge >= 0.3 is 33.1 Å². The molecule has 188 valence electrons. The van der Waals surface area contributed by atoms with E-state index in [9.17, 15) is 19.8 Å². The predicted molar refractivity (Wildman–Crippen MR) is 167 cm³/mol. The van der Waals surface area contributed by atoms with E-state index < -0.39 is 33.1 Å². The molecule has 0 aliphatic rings. The third-order valence-electron chi connectivity index (χ3n) is 4.77. The highest BCUT2D eigenvalue weighted by molar-refractivity contribution is 14.1. The van der Waals surface area contributed by atoms with E-state index in [1.807, 2.05) is 115 Å². The second-order valence-corrected chi connectivity index (χ2v) is 15.0. The molecule has 0 radical (unpaired) electrons. The van der Waals surface area contributed by atoms with Crippen LogP contribution in [0.25, 0.3) is 0 Å². The maximum absolute atomic E-state index is 12.5. The average Bonchev–Trinajstić information content (AvgIpc) is 2.87. The number of carbonyl (C=O) groups is 2. The van der Waals surface area contributed by atoms with E-state index >= 15 is 0 Å². The van der Waals surface area contributed by atoms with Crippen molar-refractivity contribution in [1.29, 1.82) is 0 Å². The van der Waals surface area contributed by atoms with Crippen LogP contribution in [0.15, 0.2) is 72.8 Å². The number of phenols is 2. The molecule has 0 unspecified atom stereocenters. The minimum Gasteiger partial charge on any atom is -0.506 e. The molecule has 6 nitrogen and oxygen atoms in total. The van der Waals surface area contributed by atoms with Crippen molar-refractivity contribution in [2.24, 2.45) is 0 Å². The summed E-state index contributed by atoms with van der Waals surface area (Å²) in [7, 11) is 0. The molecule has 0 spiro atoms. The number of hydrogen-bond donors (Lipinski definition) is 2. The van der Waals surface area contributed by atoms with Crippen LogP contribution >= 0.6 is 90.4 Å². The van der Waals surface area contributed by atoms with Crippen molar-refractivity contribution in [3.8, 4) is 23.0 Å². The first kappa shape index (κ1) is 29.1. The molecule has 0 aliphatic heterocycles. The Bertz CT molecular complexity index is 1330. The summed E-state index contributed by atoms with van der Waals surface area (Å²) in [4.78, 5) is 25.0. The fourth-order valence-corrected chi connectivity index (χ4v) is 8.65. The van der Waals surface area contributed by atoms with Crippen LogP contribution < -0.4 is 30.7 Å². The third-order valence-corrected chi connectivity index (χ3v) is 10.7. The normalized spacial score (nSPS) is 10.7. The van der Waals surface area contributed by atoms with Gasteiger partial charge in [-0.15, -0.1) is 0 Å². The Balaban J connectivity index is 1.36. The third kappa shape index (κ3) is 7.59. The van der Waals surface area contributed by atoms with Gasteiger partial charge in [0.1, 0.15) is 23.0 Å². The molecule has 0 amide bonds. The van der Waals surface area contributed by atoms with Gasteiger partial charge in [0.25, 0.3) is 0 Å². The Hall–Kier alpha value is -0.930. The molecule has 4 rings (SSSR count). The van der Waals surface area contributed by atoms with Crippen LogP contribution in [0.1, 0.15) is 20.7 Å². The topological polar surface area (TPSA) is 93.1 Å². The number of carbonyl (C=O) groups excluding carboxylic acids is 2. The van der Waals surface area contributed by atoms with E-state index in [-0.39, 0.29) is 11.5 Å². The minimum absolute atomic E-state index is 0.152. The molecule has 2 N–H and O–H groups in total. The average molecular weight is 1060 g/mol. The van der Waals surface area contributed by atoms with Gasteiger partial charge in [0, 0.05) is 0 Å². The quantitative estimate of drug-likeness (QED) is 0.172. The van der Waals surface area contributed by atoms with Crippen LogP contribution in [-0.2, 0) is 0 Å². The van der Waals surface area contributed by atoms with E-state index in [1.165, 1.54) is 0 Å². The summed E-state index contributed by atoms with van der Waals surface area (Å²) in [5.41, 5.74) is 0.748. The van der Waals surface area contributed by atoms with Crippen LogP contribution in [0.2, 0.25) is 0 Å². The molecule has 0 aromatic heterocycles. The van der Waals surface area contributed by atoms with E-state index in [4.69, 9.17) is 9.47 Å². The zero-order valence-electron chi connectivity index (χ0n) is 18.3. The second-order valence-electron chi connectivity index (χ2n) is 7.36. The maximum Gasteiger partial charge on any atom is 0.357 e. The summed E-state index contributed by atoms with van der Waals surface area (Å²) in [6.45, 7) is 0. The minimum atomic E-state index is -0.494. The largest absolute Gasteiger partial charge is 0.506 e. The van der Waals surface area contributed by atoms with Crippen molar-refractivity contribution in [1.82, 2.24) is 0 Å². The van der Waals surface area contributed by atoms with E-state index in [1.54, 1.807) is 48.5 Å². The Kier molecular flexibility index (Phi) is 10.2. The lowest BCUT2D eigenvalue weighted by atomic mass is 10.2. The van der Waals surface area contributed by atoms with Crippen LogP contribution in [0.5, 0.6) is 23.0 Å². The molecule has 0 aliphatic carbocycles. The zero-order valence-corrected chi connectivity index (χ0v) is 29.1. The Morgan fingerprint density at radius 2 is 0.865 bits per heavy atom. The zero-order chi connectivity index (χ0) is 26.7. The summed E-state index contributed by atoms with van der Waals surface area (Å²) in [6, 6.07) is 21.1. The summed E-state index contributed by atoms with van der Waals surface area (Å²) in [5, 5.41) is 19.8. The number of aromatic hydroxyl groups is 2. The van der Waals surface area contributed by atoms with Gasteiger partial charge in [-0.3, -0.25) is 0 Å². The lowest BCUT2D eigenvalue weighted by Gasteiger charge is -2.07. The molecule has 0 saturated carbocycles. The van der Waals surface area contributed by atoms with E-state index in [0.717, 1.165) is 7.14 Å². The first-order valence-corrected chi connectivity index (χ1v) is 16.7. The lowest BCUT2D eigenvalue weighted by Crippen LogP contribution is -3.61. The fraction of sp³-hybridized carbons (Fsp3) is 0. The van der Waals surface area contributed by atoms with Crippen LogP contribution in [0.3, 0.4) is 0 Å². The van der Waals surface area contributed by atoms with E-state index in [2.05, 4.69) is 0 Å². The molecule has 0 atom stereocenters. The summed E-state index contributed by atoms with van der Waals surface area (Å²) < 4.78 is 15.6. The van der Waals surface area contributed by atoms with E-state index in [0.29, 0.717) is 36.9 Å². The summed E-state index contributed by atoms with van der Waals surface area (Å²) in [5.74, 6) is 0.215. The van der Waals surface area contributed by atoms with Gasteiger partial charge in [0.05, 0.1) is 25.4 Å². The molecule has 0 saturated heterocycles. The molecule has 0 fully saturated rings. The molecule has 37 heavy (non-hydrogen) atoms. The van der Waals surface area contributed by atoms with Crippen molar-refractivity contribution >= 4 is 102 Å². The van der Waals surface area contributed by atoms with Gasteiger partial charge < -0.3 is 19.7 Å². The fourth-order valence-electron chi connectivity index (χ4n) is 2.96. The van der Waals surface area contributed by atoms with Crippen molar-refractivity contribution in [2.45, 2.75) is 0 Å². The molecular formula is C26H14I5O6+. The predicted octanol–water partition coefficient (Wildman–Crippen LogP) is 4.08. The van der Waals surface area contributed by atoms with Gasteiger partial charge in [-0.05, 0) is 163 Å². The van der Waals surface area contributed by atoms with Crippen molar-refractivity contribution in [3.63, 3.8) is 0 Å². The maximum atomic E-state index is 12.5. The number of benzene rings is 4. The molecule has 0 bridgehead atoms. The number of ether oxygens (including phenoxy) is 2. The van der Waals surface area contributed by atoms with Crippen molar-refractivity contribution in [3.05, 3.63) is 105 Å². The van der Waals surface area contributed by atoms with Gasteiger partial charge in [0.2, 0.25) is 0 Å². The highest BCUT2D eigenvalue weighted by Crippen LogP contribution is 2.29. The first-order valence-electron chi connectivity index (χ1n) is 10.3. The Labute approximate surface area is 277 Å². The van der Waals surface area contributed by atoms with Crippen LogP contribution in [0, 0.1) is 21.4 Å². The van der Waals surface area contributed by atoms with Crippen LogP contribution in [-0.4, -0.2) is 22.2 Å². The molecule has 4 aromatic carbocycles. The first-order chi connectivity index (χ1) is 17.6. The van der Waals surface area contributed by atoms with Gasteiger partial charge in [-0.25, -0.2) is 9.59 Å². The Morgan fingerprint density at radius 3 is 1.16 bits per heavy atom. The highest BCUT2D eigenvalue weighted by atomic mass is 127. The lowest BCUT2D eigenvalue weighted by molar-refractivity contribution is -0.597. The summed E-state index contributed by atoms with van der Waals surface area (Å²) in [6.07, 6.45) is 0. The number of rotatable bonds is 6. The molecule has 11 heteroatoms. The molecule has 4 aromatic rings. The standard InChI is InChI=1S/C26H13I5O6/c27-19-9-13(10-20(28)23(19)32)25(34)36-17-5-1-15(2-6-17)31-16-3-7-18(8-4-16)37-26(35)14-11-21(29)24(33)22(30)12-14/h1-12H,(H-,32,33,34,35)/p+1. The number of hydrogen-bond acceptors (Lipinski definition) is 6.